The molecule has 0 saturated heterocycles. The van der Waals surface area contributed by atoms with Gasteiger partial charge in [0.05, 0.1) is 10.7 Å². The minimum Gasteiger partial charge on any atom is -0.508 e. The summed E-state index contributed by atoms with van der Waals surface area (Å²) in [5, 5.41) is 11.9. The molecule has 0 heterocycles. The second-order valence-corrected chi connectivity index (χ2v) is 2.75. The number of carbonyl (C=O) groups excluding carboxylic acids is 1. The van der Waals surface area contributed by atoms with Crippen molar-refractivity contribution in [1.29, 1.82) is 0 Å². The van der Waals surface area contributed by atoms with Crippen LogP contribution in [0.1, 0.15) is 6.92 Å². The SMILES string of the molecule is CC(=O)Nc1cc(O)ccc1Cl. The Morgan fingerprint density at radius 1 is 1.58 bits per heavy atom. The Morgan fingerprint density at radius 2 is 2.25 bits per heavy atom. The van der Waals surface area contributed by atoms with Crippen LogP contribution in [0.25, 0.3) is 0 Å². The first kappa shape index (κ1) is 8.87. The Morgan fingerprint density at radius 3 is 2.83 bits per heavy atom. The molecule has 0 radical (unpaired) electrons. The van der Waals surface area contributed by atoms with E-state index in [1.807, 2.05) is 0 Å². The largest absolute Gasteiger partial charge is 0.508 e. The third-order valence-electron chi connectivity index (χ3n) is 1.26. The number of hydrogen-bond acceptors (Lipinski definition) is 2. The van der Waals surface area contributed by atoms with Gasteiger partial charge >= 0.3 is 0 Å². The van der Waals surface area contributed by atoms with Crippen LogP contribution in [0.2, 0.25) is 5.02 Å². The summed E-state index contributed by atoms with van der Waals surface area (Å²) >= 11 is 5.71. The van der Waals surface area contributed by atoms with Crippen LogP contribution < -0.4 is 5.32 Å². The third-order valence-corrected chi connectivity index (χ3v) is 1.59. The van der Waals surface area contributed by atoms with Crippen molar-refractivity contribution >= 4 is 23.2 Å². The van der Waals surface area contributed by atoms with Crippen LogP contribution >= 0.6 is 11.6 Å². The number of anilines is 1. The van der Waals surface area contributed by atoms with Crippen LogP contribution in [0.3, 0.4) is 0 Å². The fraction of sp³-hybridized carbons (Fsp3) is 0.125. The van der Waals surface area contributed by atoms with Gasteiger partial charge in [-0.1, -0.05) is 11.6 Å². The molecule has 0 aliphatic heterocycles. The predicted octanol–water partition coefficient (Wildman–Crippen LogP) is 2.00. The van der Waals surface area contributed by atoms with Gasteiger partial charge in [-0.3, -0.25) is 4.79 Å². The number of phenols is 1. The lowest BCUT2D eigenvalue weighted by molar-refractivity contribution is -0.114. The van der Waals surface area contributed by atoms with Gasteiger partial charge in [-0.15, -0.1) is 0 Å². The Balaban J connectivity index is 2.97. The van der Waals surface area contributed by atoms with Crippen molar-refractivity contribution in [3.8, 4) is 5.75 Å². The van der Waals surface area contributed by atoms with Crippen molar-refractivity contribution < 1.29 is 9.90 Å². The lowest BCUT2D eigenvalue weighted by atomic mass is 10.3. The van der Waals surface area contributed by atoms with Crippen molar-refractivity contribution in [2.75, 3.05) is 5.32 Å². The van der Waals surface area contributed by atoms with Gasteiger partial charge in [0.15, 0.2) is 0 Å². The molecule has 0 unspecified atom stereocenters. The molecule has 0 saturated carbocycles. The lowest BCUT2D eigenvalue weighted by Gasteiger charge is -2.04. The summed E-state index contributed by atoms with van der Waals surface area (Å²) in [5.74, 6) is -0.148. The highest BCUT2D eigenvalue weighted by molar-refractivity contribution is 6.33. The maximum Gasteiger partial charge on any atom is 0.221 e. The molecular weight excluding hydrogens is 178 g/mol. The average molecular weight is 186 g/mol. The second-order valence-electron chi connectivity index (χ2n) is 2.35. The summed E-state index contributed by atoms with van der Waals surface area (Å²) < 4.78 is 0. The Kier molecular flexibility index (Phi) is 2.55. The van der Waals surface area contributed by atoms with E-state index in [0.717, 1.165) is 0 Å². The molecule has 12 heavy (non-hydrogen) atoms. The third kappa shape index (κ3) is 2.13. The molecule has 0 aliphatic rings. The summed E-state index contributed by atoms with van der Waals surface area (Å²) in [6.07, 6.45) is 0. The molecule has 4 heteroatoms. The van der Waals surface area contributed by atoms with E-state index < -0.39 is 0 Å². The smallest absolute Gasteiger partial charge is 0.221 e. The number of phenolic OH excluding ortho intramolecular Hbond substituents is 1. The molecule has 3 nitrogen and oxygen atoms in total. The van der Waals surface area contributed by atoms with Crippen LogP contribution in [0.4, 0.5) is 5.69 Å². The van der Waals surface area contributed by atoms with Gasteiger partial charge in [0.2, 0.25) is 5.91 Å². The van der Waals surface area contributed by atoms with Gasteiger partial charge in [-0.25, -0.2) is 0 Å². The number of rotatable bonds is 1. The fourth-order valence-corrected chi connectivity index (χ4v) is 0.963. The summed E-state index contributed by atoms with van der Waals surface area (Å²) in [5.41, 5.74) is 0.421. The van der Waals surface area contributed by atoms with E-state index in [-0.39, 0.29) is 11.7 Å². The highest BCUT2D eigenvalue weighted by Crippen LogP contribution is 2.25. The average Bonchev–Trinajstić information content (AvgIpc) is 1.96. The van der Waals surface area contributed by atoms with E-state index in [1.165, 1.54) is 25.1 Å². The van der Waals surface area contributed by atoms with Gasteiger partial charge in [0.25, 0.3) is 0 Å². The van der Waals surface area contributed by atoms with Crippen molar-refractivity contribution in [2.24, 2.45) is 0 Å². The van der Waals surface area contributed by atoms with Crippen molar-refractivity contribution in [1.82, 2.24) is 0 Å². The monoisotopic (exact) mass is 185 g/mol. The highest BCUT2D eigenvalue weighted by Gasteiger charge is 2.01. The molecule has 0 fully saturated rings. The molecule has 0 atom stereocenters. The Bertz CT molecular complexity index is 312. The molecule has 1 amide bonds. The van der Waals surface area contributed by atoms with E-state index >= 15 is 0 Å². The number of aromatic hydroxyl groups is 1. The molecule has 0 spiro atoms. The van der Waals surface area contributed by atoms with Crippen LogP contribution in [0, 0.1) is 0 Å². The fourth-order valence-electron chi connectivity index (χ4n) is 0.799. The van der Waals surface area contributed by atoms with Crippen LogP contribution in [0.15, 0.2) is 18.2 Å². The summed E-state index contributed by atoms with van der Waals surface area (Å²) in [6.45, 7) is 1.38. The number of carbonyl (C=O) groups is 1. The maximum absolute atomic E-state index is 10.6. The lowest BCUT2D eigenvalue weighted by Crippen LogP contribution is -2.05. The second kappa shape index (κ2) is 3.45. The zero-order chi connectivity index (χ0) is 9.14. The van der Waals surface area contributed by atoms with E-state index in [4.69, 9.17) is 16.7 Å². The van der Waals surface area contributed by atoms with E-state index in [1.54, 1.807) is 0 Å². The summed E-state index contributed by atoms with van der Waals surface area (Å²) in [4.78, 5) is 10.6. The number of amides is 1. The number of halogens is 1. The highest BCUT2D eigenvalue weighted by atomic mass is 35.5. The van der Waals surface area contributed by atoms with E-state index in [2.05, 4.69) is 5.32 Å². The zero-order valence-corrected chi connectivity index (χ0v) is 7.22. The van der Waals surface area contributed by atoms with E-state index in [9.17, 15) is 4.79 Å². The van der Waals surface area contributed by atoms with Crippen LogP contribution in [0.5, 0.6) is 5.75 Å². The van der Waals surface area contributed by atoms with E-state index in [0.29, 0.717) is 10.7 Å². The van der Waals surface area contributed by atoms with Crippen molar-refractivity contribution in [2.45, 2.75) is 6.92 Å². The Labute approximate surface area is 75.0 Å². The number of benzene rings is 1. The van der Waals surface area contributed by atoms with Crippen molar-refractivity contribution in [3.05, 3.63) is 23.2 Å². The van der Waals surface area contributed by atoms with Gasteiger partial charge in [-0.2, -0.15) is 0 Å². The predicted molar refractivity (Wildman–Crippen MR) is 47.4 cm³/mol. The molecule has 64 valence electrons. The van der Waals surface area contributed by atoms with Crippen LogP contribution in [-0.2, 0) is 4.79 Å². The molecular formula is C8H8ClNO2. The molecule has 0 aromatic heterocycles. The topological polar surface area (TPSA) is 49.3 Å². The first-order chi connectivity index (χ1) is 5.59. The maximum atomic E-state index is 10.6. The number of nitrogens with one attached hydrogen (secondary N) is 1. The minimum absolute atomic E-state index is 0.0724. The first-order valence-electron chi connectivity index (χ1n) is 3.35. The van der Waals surface area contributed by atoms with Gasteiger partial charge in [0, 0.05) is 13.0 Å². The summed E-state index contributed by atoms with van der Waals surface area (Å²) in [6, 6.07) is 4.36. The van der Waals surface area contributed by atoms with Crippen LogP contribution in [-0.4, -0.2) is 11.0 Å². The minimum atomic E-state index is -0.220. The number of hydrogen-bond donors (Lipinski definition) is 2. The van der Waals surface area contributed by atoms with Gasteiger partial charge in [-0.05, 0) is 12.1 Å². The normalized spacial score (nSPS) is 9.50. The zero-order valence-electron chi connectivity index (χ0n) is 6.47. The van der Waals surface area contributed by atoms with Crippen molar-refractivity contribution in [3.63, 3.8) is 0 Å². The summed E-state index contributed by atoms with van der Waals surface area (Å²) in [7, 11) is 0. The molecule has 1 aromatic carbocycles. The Hall–Kier alpha value is -1.22. The van der Waals surface area contributed by atoms with Gasteiger partial charge in [0.1, 0.15) is 5.75 Å². The molecule has 1 aromatic rings. The molecule has 1 rings (SSSR count). The molecule has 2 N–H and O–H groups in total. The quantitative estimate of drug-likeness (QED) is 0.703. The molecule has 0 aliphatic carbocycles. The standard InChI is InChI=1S/C8H8ClNO2/c1-5(11)10-8-4-6(12)2-3-7(8)9/h2-4,12H,1H3,(H,10,11). The molecule has 0 bridgehead atoms. The first-order valence-corrected chi connectivity index (χ1v) is 3.73. The van der Waals surface area contributed by atoms with Gasteiger partial charge < -0.3 is 10.4 Å².